The molecule has 112 valence electrons. The van der Waals surface area contributed by atoms with Crippen LogP contribution in [0.5, 0.6) is 0 Å². The highest BCUT2D eigenvalue weighted by Gasteiger charge is 2.27. The Labute approximate surface area is 114 Å². The molecule has 6 heteroatoms. The van der Waals surface area contributed by atoms with E-state index in [-0.39, 0.29) is 6.04 Å². The first-order valence-electron chi connectivity index (χ1n) is 6.48. The number of hydrogen-bond donors (Lipinski definition) is 3. The largest absolute Gasteiger partial charge is 0.481 e. The van der Waals surface area contributed by atoms with Gasteiger partial charge in [0.05, 0.1) is 5.92 Å². The van der Waals surface area contributed by atoms with Crippen LogP contribution in [0.1, 0.15) is 41.5 Å². The van der Waals surface area contributed by atoms with Gasteiger partial charge in [-0.1, -0.05) is 13.8 Å². The van der Waals surface area contributed by atoms with E-state index in [4.69, 9.17) is 9.84 Å². The number of ether oxygens (including phenoxy) is 1. The first kappa shape index (κ1) is 17.7. The van der Waals surface area contributed by atoms with Crippen LogP contribution in [0.3, 0.4) is 0 Å². The zero-order valence-corrected chi connectivity index (χ0v) is 12.6. The van der Waals surface area contributed by atoms with Gasteiger partial charge in [0, 0.05) is 18.6 Å². The third-order valence-electron chi connectivity index (χ3n) is 2.41. The molecular formula is C13H26N2O4. The van der Waals surface area contributed by atoms with Crippen molar-refractivity contribution in [3.63, 3.8) is 0 Å². The molecule has 2 atom stereocenters. The van der Waals surface area contributed by atoms with Crippen molar-refractivity contribution in [2.45, 2.75) is 59.2 Å². The molecule has 0 bridgehead atoms. The second-order valence-electron chi connectivity index (χ2n) is 5.94. The Hall–Kier alpha value is -1.30. The van der Waals surface area contributed by atoms with E-state index >= 15 is 0 Å². The molecule has 2 unspecified atom stereocenters. The molecule has 0 aromatic heterocycles. The first-order valence-corrected chi connectivity index (χ1v) is 6.48. The quantitative estimate of drug-likeness (QED) is 0.684. The zero-order chi connectivity index (χ0) is 15.2. The molecule has 1 amide bonds. The molecule has 0 aliphatic rings. The summed E-state index contributed by atoms with van der Waals surface area (Å²) in [4.78, 5) is 22.8. The molecule has 0 heterocycles. The summed E-state index contributed by atoms with van der Waals surface area (Å²) in [5.74, 6) is -1.65. The summed E-state index contributed by atoms with van der Waals surface area (Å²) in [6, 6.07) is -0.325. The van der Waals surface area contributed by atoms with E-state index in [1.807, 2.05) is 13.8 Å². The van der Waals surface area contributed by atoms with Gasteiger partial charge in [-0.25, -0.2) is 4.79 Å². The van der Waals surface area contributed by atoms with Crippen LogP contribution in [0.2, 0.25) is 0 Å². The molecule has 0 radical (unpaired) electrons. The molecule has 6 nitrogen and oxygen atoms in total. The van der Waals surface area contributed by atoms with Gasteiger partial charge in [-0.05, 0) is 27.7 Å². The van der Waals surface area contributed by atoms with Gasteiger partial charge in [0.2, 0.25) is 0 Å². The summed E-state index contributed by atoms with van der Waals surface area (Å²) >= 11 is 0. The molecule has 0 aliphatic carbocycles. The van der Waals surface area contributed by atoms with Crippen molar-refractivity contribution in [1.29, 1.82) is 0 Å². The summed E-state index contributed by atoms with van der Waals surface area (Å²) < 4.78 is 5.10. The first-order chi connectivity index (χ1) is 8.53. The molecule has 19 heavy (non-hydrogen) atoms. The van der Waals surface area contributed by atoms with Crippen LogP contribution in [0, 0.1) is 5.92 Å². The SMILES string of the molecule is CC(C)NCC(C(=O)O)C(C)NC(=O)OC(C)(C)C. The second kappa shape index (κ2) is 7.33. The molecule has 0 aliphatic heterocycles. The normalized spacial score (nSPS) is 14.9. The van der Waals surface area contributed by atoms with E-state index < -0.39 is 29.6 Å². The number of rotatable bonds is 6. The predicted octanol–water partition coefficient (Wildman–Crippen LogP) is 1.60. The van der Waals surface area contributed by atoms with E-state index in [1.54, 1.807) is 27.7 Å². The molecular weight excluding hydrogens is 248 g/mol. The number of hydrogen-bond acceptors (Lipinski definition) is 4. The number of carboxylic acids is 1. The highest BCUT2D eigenvalue weighted by atomic mass is 16.6. The lowest BCUT2D eigenvalue weighted by Crippen LogP contribution is -2.47. The van der Waals surface area contributed by atoms with Crippen LogP contribution in [-0.2, 0) is 9.53 Å². The third-order valence-corrected chi connectivity index (χ3v) is 2.41. The maximum atomic E-state index is 11.6. The van der Waals surface area contributed by atoms with Crippen LogP contribution in [0.25, 0.3) is 0 Å². The van der Waals surface area contributed by atoms with E-state index in [0.29, 0.717) is 6.54 Å². The molecule has 0 fully saturated rings. The van der Waals surface area contributed by atoms with E-state index in [9.17, 15) is 9.59 Å². The standard InChI is InChI=1S/C13H26N2O4/c1-8(2)14-7-10(11(16)17)9(3)15-12(18)19-13(4,5)6/h8-10,14H,7H2,1-6H3,(H,15,18)(H,16,17). The van der Waals surface area contributed by atoms with Gasteiger partial charge < -0.3 is 20.5 Å². The van der Waals surface area contributed by atoms with Crippen LogP contribution in [0.15, 0.2) is 0 Å². The maximum Gasteiger partial charge on any atom is 0.407 e. The van der Waals surface area contributed by atoms with Crippen LogP contribution in [-0.4, -0.2) is 41.4 Å². The summed E-state index contributed by atoms with van der Waals surface area (Å²) in [7, 11) is 0. The highest BCUT2D eigenvalue weighted by Crippen LogP contribution is 2.09. The van der Waals surface area contributed by atoms with Gasteiger partial charge >= 0.3 is 12.1 Å². The lowest BCUT2D eigenvalue weighted by atomic mass is 10.0. The van der Waals surface area contributed by atoms with Crippen molar-refractivity contribution in [1.82, 2.24) is 10.6 Å². The molecule has 0 aromatic carbocycles. The molecule has 0 rings (SSSR count). The Morgan fingerprint density at radius 2 is 1.74 bits per heavy atom. The monoisotopic (exact) mass is 274 g/mol. The second-order valence-corrected chi connectivity index (χ2v) is 5.94. The number of carbonyl (C=O) groups is 2. The topological polar surface area (TPSA) is 87.7 Å². The Morgan fingerprint density at radius 1 is 1.21 bits per heavy atom. The van der Waals surface area contributed by atoms with Crippen molar-refractivity contribution in [2.24, 2.45) is 5.92 Å². The molecule has 0 saturated carbocycles. The fraction of sp³-hybridized carbons (Fsp3) is 0.846. The van der Waals surface area contributed by atoms with E-state index in [0.717, 1.165) is 0 Å². The van der Waals surface area contributed by atoms with Gasteiger partial charge in [0.15, 0.2) is 0 Å². The Morgan fingerprint density at radius 3 is 2.11 bits per heavy atom. The molecule has 0 saturated heterocycles. The number of nitrogens with one attached hydrogen (secondary N) is 2. The number of aliphatic carboxylic acids is 1. The van der Waals surface area contributed by atoms with Gasteiger partial charge in [-0.15, -0.1) is 0 Å². The fourth-order valence-corrected chi connectivity index (χ4v) is 1.43. The van der Waals surface area contributed by atoms with Gasteiger partial charge in [-0.3, -0.25) is 4.79 Å². The summed E-state index contributed by atoms with van der Waals surface area (Å²) in [5, 5.41) is 14.8. The molecule has 3 N–H and O–H groups in total. The van der Waals surface area contributed by atoms with Gasteiger partial charge in [0.1, 0.15) is 5.60 Å². The fourth-order valence-electron chi connectivity index (χ4n) is 1.43. The third kappa shape index (κ3) is 8.42. The minimum Gasteiger partial charge on any atom is -0.481 e. The highest BCUT2D eigenvalue weighted by molar-refractivity contribution is 5.73. The lowest BCUT2D eigenvalue weighted by Gasteiger charge is -2.25. The Kier molecular flexibility index (Phi) is 6.83. The van der Waals surface area contributed by atoms with Crippen LogP contribution < -0.4 is 10.6 Å². The molecule has 0 aromatic rings. The van der Waals surface area contributed by atoms with Crippen LogP contribution >= 0.6 is 0 Å². The van der Waals surface area contributed by atoms with Crippen molar-refractivity contribution in [2.75, 3.05) is 6.54 Å². The van der Waals surface area contributed by atoms with Crippen molar-refractivity contribution >= 4 is 12.1 Å². The maximum absolute atomic E-state index is 11.6. The summed E-state index contributed by atoms with van der Waals surface area (Å²) in [5.41, 5.74) is -0.599. The number of amides is 1. The average Bonchev–Trinajstić information content (AvgIpc) is 2.12. The average molecular weight is 274 g/mol. The summed E-state index contributed by atoms with van der Waals surface area (Å²) in [6.07, 6.45) is -0.601. The zero-order valence-electron chi connectivity index (χ0n) is 12.6. The predicted molar refractivity (Wildman–Crippen MR) is 73.1 cm³/mol. The minimum atomic E-state index is -0.947. The minimum absolute atomic E-state index is 0.190. The van der Waals surface area contributed by atoms with Crippen molar-refractivity contribution < 1.29 is 19.4 Å². The molecule has 0 spiro atoms. The smallest absolute Gasteiger partial charge is 0.407 e. The van der Waals surface area contributed by atoms with Crippen molar-refractivity contribution in [3.8, 4) is 0 Å². The van der Waals surface area contributed by atoms with E-state index in [1.165, 1.54) is 0 Å². The summed E-state index contributed by atoms with van der Waals surface area (Å²) in [6.45, 7) is 11.1. The van der Waals surface area contributed by atoms with Crippen LogP contribution in [0.4, 0.5) is 4.79 Å². The Balaban J connectivity index is 4.44. The van der Waals surface area contributed by atoms with Gasteiger partial charge in [-0.2, -0.15) is 0 Å². The lowest BCUT2D eigenvalue weighted by molar-refractivity contribution is -0.142. The number of carboxylic acid groups (broad SMARTS) is 1. The van der Waals surface area contributed by atoms with E-state index in [2.05, 4.69) is 10.6 Å². The van der Waals surface area contributed by atoms with Gasteiger partial charge in [0.25, 0.3) is 0 Å². The number of carbonyl (C=O) groups excluding carboxylic acids is 1. The van der Waals surface area contributed by atoms with Crippen molar-refractivity contribution in [3.05, 3.63) is 0 Å². The number of alkyl carbamates (subject to hydrolysis) is 1. The Bertz CT molecular complexity index is 310.